The minimum atomic E-state index is -0.481. The van der Waals surface area contributed by atoms with E-state index >= 15 is 0 Å². The maximum atomic E-state index is 11.6. The number of nitro benzene ring substituents is 1. The van der Waals surface area contributed by atoms with Crippen molar-refractivity contribution < 1.29 is 9.72 Å². The third-order valence-corrected chi connectivity index (χ3v) is 2.67. The lowest BCUT2D eigenvalue weighted by molar-refractivity contribution is -0.384. The first-order valence-electron chi connectivity index (χ1n) is 4.79. The van der Waals surface area contributed by atoms with Crippen molar-refractivity contribution in [3.05, 3.63) is 46.0 Å². The highest BCUT2D eigenvalue weighted by Gasteiger charge is 2.26. The SMILES string of the molecule is C=C1c2cc([N+](=O)[O-])ccc2C(=O)NC1C. The van der Waals surface area contributed by atoms with Gasteiger partial charge in [0, 0.05) is 17.7 Å². The molecule has 1 amide bonds. The number of non-ortho nitro benzene ring substituents is 1. The van der Waals surface area contributed by atoms with Gasteiger partial charge in [0.25, 0.3) is 11.6 Å². The molecule has 1 aliphatic heterocycles. The molecule has 2 rings (SSSR count). The molecule has 0 saturated heterocycles. The molecular formula is C11H10N2O3. The summed E-state index contributed by atoms with van der Waals surface area (Å²) in [6, 6.07) is 3.98. The molecule has 0 aromatic heterocycles. The van der Waals surface area contributed by atoms with E-state index in [1.165, 1.54) is 18.2 Å². The molecule has 1 N–H and O–H groups in total. The molecule has 0 saturated carbocycles. The smallest absolute Gasteiger partial charge is 0.270 e. The van der Waals surface area contributed by atoms with Crippen molar-refractivity contribution in [2.24, 2.45) is 0 Å². The van der Waals surface area contributed by atoms with Gasteiger partial charge in [-0.25, -0.2) is 0 Å². The number of benzene rings is 1. The van der Waals surface area contributed by atoms with E-state index in [1.807, 2.05) is 0 Å². The number of nitrogens with one attached hydrogen (secondary N) is 1. The van der Waals surface area contributed by atoms with Crippen molar-refractivity contribution in [2.45, 2.75) is 13.0 Å². The van der Waals surface area contributed by atoms with Crippen LogP contribution in [0.3, 0.4) is 0 Å². The van der Waals surface area contributed by atoms with Gasteiger partial charge in [0.2, 0.25) is 0 Å². The Balaban J connectivity index is 2.60. The minimum absolute atomic E-state index is 0.0261. The first-order chi connectivity index (χ1) is 7.50. The fourth-order valence-corrected chi connectivity index (χ4v) is 1.70. The molecule has 1 aromatic carbocycles. The highest BCUT2D eigenvalue weighted by atomic mass is 16.6. The highest BCUT2D eigenvalue weighted by molar-refractivity contribution is 6.03. The van der Waals surface area contributed by atoms with Gasteiger partial charge in [-0.3, -0.25) is 14.9 Å². The predicted molar refractivity (Wildman–Crippen MR) is 59.1 cm³/mol. The Kier molecular flexibility index (Phi) is 2.23. The average Bonchev–Trinajstić information content (AvgIpc) is 2.25. The standard InChI is InChI=1S/C11H10N2O3/c1-6-7(2)12-11(14)9-4-3-8(13(15)16)5-10(6)9/h3-5,7H,1H2,2H3,(H,12,14). The Bertz CT molecular complexity index is 508. The molecule has 5 heteroatoms. The molecule has 1 unspecified atom stereocenters. The number of nitro groups is 1. The van der Waals surface area contributed by atoms with E-state index in [1.54, 1.807) is 6.92 Å². The van der Waals surface area contributed by atoms with Crippen LogP contribution in [0, 0.1) is 10.1 Å². The predicted octanol–water partition coefficient (Wildman–Crippen LogP) is 1.74. The second kappa shape index (κ2) is 3.44. The van der Waals surface area contributed by atoms with Gasteiger partial charge in [-0.15, -0.1) is 0 Å². The second-order valence-electron chi connectivity index (χ2n) is 3.71. The molecule has 1 atom stereocenters. The van der Waals surface area contributed by atoms with Crippen LogP contribution in [-0.4, -0.2) is 16.9 Å². The molecule has 0 aliphatic carbocycles. The summed E-state index contributed by atoms with van der Waals surface area (Å²) in [6.45, 7) is 5.63. The summed E-state index contributed by atoms with van der Waals surface area (Å²) in [5, 5.41) is 13.4. The number of hydrogen-bond acceptors (Lipinski definition) is 3. The summed E-state index contributed by atoms with van der Waals surface area (Å²) in [7, 11) is 0. The zero-order chi connectivity index (χ0) is 11.9. The van der Waals surface area contributed by atoms with Crippen LogP contribution in [0.25, 0.3) is 5.57 Å². The van der Waals surface area contributed by atoms with Crippen LogP contribution in [-0.2, 0) is 0 Å². The zero-order valence-electron chi connectivity index (χ0n) is 8.69. The molecule has 1 aliphatic rings. The van der Waals surface area contributed by atoms with Gasteiger partial charge in [-0.05, 0) is 24.1 Å². The van der Waals surface area contributed by atoms with Crippen LogP contribution in [0.5, 0.6) is 0 Å². The summed E-state index contributed by atoms with van der Waals surface area (Å²) in [4.78, 5) is 21.8. The molecule has 0 bridgehead atoms. The Morgan fingerprint density at radius 3 is 2.75 bits per heavy atom. The topological polar surface area (TPSA) is 72.2 Å². The minimum Gasteiger partial charge on any atom is -0.345 e. The van der Waals surface area contributed by atoms with E-state index in [9.17, 15) is 14.9 Å². The largest absolute Gasteiger partial charge is 0.345 e. The number of carbonyl (C=O) groups excluding carboxylic acids is 1. The van der Waals surface area contributed by atoms with Gasteiger partial charge in [0.05, 0.1) is 11.0 Å². The first-order valence-corrected chi connectivity index (χ1v) is 4.79. The molecule has 1 heterocycles. The summed E-state index contributed by atoms with van der Waals surface area (Å²) < 4.78 is 0. The molecular weight excluding hydrogens is 208 g/mol. The highest BCUT2D eigenvalue weighted by Crippen LogP contribution is 2.28. The average molecular weight is 218 g/mol. The monoisotopic (exact) mass is 218 g/mol. The van der Waals surface area contributed by atoms with E-state index in [2.05, 4.69) is 11.9 Å². The van der Waals surface area contributed by atoms with E-state index in [0.717, 1.165) is 0 Å². The maximum absolute atomic E-state index is 11.6. The Morgan fingerprint density at radius 1 is 1.44 bits per heavy atom. The molecule has 82 valence electrons. The van der Waals surface area contributed by atoms with Gasteiger partial charge in [0.15, 0.2) is 0 Å². The van der Waals surface area contributed by atoms with Crippen molar-refractivity contribution in [1.29, 1.82) is 0 Å². The van der Waals surface area contributed by atoms with E-state index in [-0.39, 0.29) is 17.6 Å². The lowest BCUT2D eigenvalue weighted by Crippen LogP contribution is -2.38. The number of nitrogens with zero attached hydrogens (tertiary/aromatic N) is 1. The van der Waals surface area contributed by atoms with Gasteiger partial charge in [-0.1, -0.05) is 6.58 Å². The van der Waals surface area contributed by atoms with Crippen molar-refractivity contribution in [1.82, 2.24) is 5.32 Å². The molecule has 0 radical (unpaired) electrons. The van der Waals surface area contributed by atoms with Crippen molar-refractivity contribution >= 4 is 17.2 Å². The molecule has 1 aromatic rings. The number of amides is 1. The van der Waals surface area contributed by atoms with Crippen molar-refractivity contribution in [3.63, 3.8) is 0 Å². The van der Waals surface area contributed by atoms with E-state index in [4.69, 9.17) is 0 Å². The Hall–Kier alpha value is -2.17. The van der Waals surface area contributed by atoms with Gasteiger partial charge in [-0.2, -0.15) is 0 Å². The Labute approximate surface area is 91.9 Å². The van der Waals surface area contributed by atoms with Gasteiger partial charge < -0.3 is 5.32 Å². The Morgan fingerprint density at radius 2 is 2.12 bits per heavy atom. The summed E-state index contributed by atoms with van der Waals surface area (Å²) in [5.41, 5.74) is 1.67. The number of rotatable bonds is 1. The van der Waals surface area contributed by atoms with Gasteiger partial charge >= 0.3 is 0 Å². The summed E-state index contributed by atoms with van der Waals surface area (Å²) in [6.07, 6.45) is 0. The second-order valence-corrected chi connectivity index (χ2v) is 3.71. The van der Waals surface area contributed by atoms with Crippen LogP contribution in [0.1, 0.15) is 22.8 Å². The summed E-state index contributed by atoms with van der Waals surface area (Å²) in [5.74, 6) is -0.218. The maximum Gasteiger partial charge on any atom is 0.270 e. The van der Waals surface area contributed by atoms with Crippen LogP contribution < -0.4 is 5.32 Å². The van der Waals surface area contributed by atoms with Crippen LogP contribution in [0.2, 0.25) is 0 Å². The van der Waals surface area contributed by atoms with Crippen molar-refractivity contribution in [2.75, 3.05) is 0 Å². The molecule has 0 spiro atoms. The lowest BCUT2D eigenvalue weighted by Gasteiger charge is -2.24. The normalized spacial score (nSPS) is 18.9. The van der Waals surface area contributed by atoms with E-state index < -0.39 is 4.92 Å². The van der Waals surface area contributed by atoms with Crippen LogP contribution in [0.4, 0.5) is 5.69 Å². The first kappa shape index (κ1) is 10.4. The van der Waals surface area contributed by atoms with Gasteiger partial charge in [0.1, 0.15) is 0 Å². The van der Waals surface area contributed by atoms with Crippen LogP contribution in [0.15, 0.2) is 24.8 Å². The molecule has 0 fully saturated rings. The van der Waals surface area contributed by atoms with Crippen molar-refractivity contribution in [3.8, 4) is 0 Å². The fourth-order valence-electron chi connectivity index (χ4n) is 1.70. The number of hydrogen-bond donors (Lipinski definition) is 1. The fraction of sp³-hybridized carbons (Fsp3) is 0.182. The summed E-state index contributed by atoms with van der Waals surface area (Å²) >= 11 is 0. The third-order valence-electron chi connectivity index (χ3n) is 2.67. The third kappa shape index (κ3) is 1.46. The quantitative estimate of drug-likeness (QED) is 0.576. The van der Waals surface area contributed by atoms with Crippen LogP contribution >= 0.6 is 0 Å². The molecule has 16 heavy (non-hydrogen) atoms. The zero-order valence-corrected chi connectivity index (χ0v) is 8.69. The van der Waals surface area contributed by atoms with E-state index in [0.29, 0.717) is 16.7 Å². The number of carbonyl (C=O) groups is 1. The number of fused-ring (bicyclic) bond motifs is 1. The molecule has 5 nitrogen and oxygen atoms in total. The lowest BCUT2D eigenvalue weighted by atomic mass is 9.91.